The van der Waals surface area contributed by atoms with Gasteiger partial charge in [-0.2, -0.15) is 0 Å². The van der Waals surface area contributed by atoms with Crippen LogP contribution in [0.3, 0.4) is 0 Å². The van der Waals surface area contributed by atoms with Gasteiger partial charge >= 0.3 is 0 Å². The highest BCUT2D eigenvalue weighted by molar-refractivity contribution is 5.71. The Morgan fingerprint density at radius 1 is 1.33 bits per heavy atom. The van der Waals surface area contributed by atoms with Crippen LogP contribution < -0.4 is 4.74 Å². The molecule has 1 nitrogen and oxygen atoms in total. The van der Waals surface area contributed by atoms with Crippen molar-refractivity contribution in [3.8, 4) is 5.75 Å². The van der Waals surface area contributed by atoms with Crippen molar-refractivity contribution in [1.29, 1.82) is 0 Å². The molecule has 0 radical (unpaired) electrons. The minimum absolute atomic E-state index is 0.722. The number of benzene rings is 1. The minimum Gasteiger partial charge on any atom is -0.489 e. The van der Waals surface area contributed by atoms with Gasteiger partial charge in [0.05, 0.1) is 0 Å². The van der Waals surface area contributed by atoms with Gasteiger partial charge in [-0.1, -0.05) is 25.1 Å². The second-order valence-corrected chi connectivity index (χ2v) is 2.89. The van der Waals surface area contributed by atoms with Crippen LogP contribution in [0.1, 0.15) is 18.9 Å². The molecular formula is C11H12O. The zero-order chi connectivity index (χ0) is 8.39. The summed E-state index contributed by atoms with van der Waals surface area (Å²) in [5, 5.41) is 0. The van der Waals surface area contributed by atoms with Crippen LogP contribution in [0.15, 0.2) is 30.3 Å². The Hall–Kier alpha value is -1.24. The van der Waals surface area contributed by atoms with E-state index in [2.05, 4.69) is 25.1 Å². The Balaban J connectivity index is 2.48. The van der Waals surface area contributed by atoms with Gasteiger partial charge in [0.1, 0.15) is 12.4 Å². The number of para-hydroxylation sites is 1. The predicted octanol–water partition coefficient (Wildman–Crippen LogP) is 2.87. The minimum atomic E-state index is 0.722. The molecule has 0 bridgehead atoms. The maximum atomic E-state index is 5.48. The maximum Gasteiger partial charge on any atom is 0.127 e. The maximum absolute atomic E-state index is 5.48. The van der Waals surface area contributed by atoms with Gasteiger partial charge in [0.2, 0.25) is 0 Å². The van der Waals surface area contributed by atoms with E-state index in [1.165, 1.54) is 11.1 Å². The fourth-order valence-corrected chi connectivity index (χ4v) is 1.53. The summed E-state index contributed by atoms with van der Waals surface area (Å²) in [5.74, 6) is 1.02. The van der Waals surface area contributed by atoms with Crippen LogP contribution in [0.4, 0.5) is 0 Å². The predicted molar refractivity (Wildman–Crippen MR) is 50.2 cm³/mol. The van der Waals surface area contributed by atoms with Crippen molar-refractivity contribution in [2.45, 2.75) is 13.3 Å². The third kappa shape index (κ3) is 1.11. The molecule has 62 valence electrons. The molecule has 0 unspecified atom stereocenters. The van der Waals surface area contributed by atoms with Gasteiger partial charge < -0.3 is 4.74 Å². The third-order valence-corrected chi connectivity index (χ3v) is 2.18. The van der Waals surface area contributed by atoms with Crippen LogP contribution in [0.25, 0.3) is 5.57 Å². The molecule has 1 aliphatic heterocycles. The fraction of sp³-hybridized carbons (Fsp3) is 0.273. The summed E-state index contributed by atoms with van der Waals surface area (Å²) in [5.41, 5.74) is 2.66. The summed E-state index contributed by atoms with van der Waals surface area (Å²) in [6.07, 6.45) is 3.24. The first-order valence-corrected chi connectivity index (χ1v) is 4.33. The average Bonchev–Trinajstić information content (AvgIpc) is 2.17. The normalized spacial score (nSPS) is 14.6. The van der Waals surface area contributed by atoms with Gasteiger partial charge in [0.15, 0.2) is 0 Å². The number of rotatable bonds is 1. The van der Waals surface area contributed by atoms with Gasteiger partial charge in [-0.15, -0.1) is 0 Å². The van der Waals surface area contributed by atoms with E-state index in [0.717, 1.165) is 18.8 Å². The van der Waals surface area contributed by atoms with Gasteiger partial charge in [-0.05, 0) is 24.1 Å². The van der Waals surface area contributed by atoms with E-state index in [0.29, 0.717) is 0 Å². The topological polar surface area (TPSA) is 9.23 Å². The van der Waals surface area contributed by atoms with Gasteiger partial charge in [0, 0.05) is 5.56 Å². The molecular weight excluding hydrogens is 148 g/mol. The Labute approximate surface area is 72.7 Å². The molecule has 0 fully saturated rings. The summed E-state index contributed by atoms with van der Waals surface area (Å²) in [7, 11) is 0. The molecule has 1 heterocycles. The Bertz CT molecular complexity index is 313. The van der Waals surface area contributed by atoms with E-state index in [-0.39, 0.29) is 0 Å². The second kappa shape index (κ2) is 3.02. The highest BCUT2D eigenvalue weighted by Crippen LogP contribution is 2.30. The number of hydrogen-bond donors (Lipinski definition) is 0. The van der Waals surface area contributed by atoms with Crippen LogP contribution in [0.5, 0.6) is 5.75 Å². The number of fused-ring (bicyclic) bond motifs is 1. The molecule has 1 heteroatoms. The fourth-order valence-electron chi connectivity index (χ4n) is 1.53. The lowest BCUT2D eigenvalue weighted by Crippen LogP contribution is -2.03. The molecule has 2 rings (SSSR count). The summed E-state index contributed by atoms with van der Waals surface area (Å²) < 4.78 is 5.48. The number of hydrogen-bond acceptors (Lipinski definition) is 1. The average molecular weight is 160 g/mol. The van der Waals surface area contributed by atoms with Crippen molar-refractivity contribution < 1.29 is 4.74 Å². The molecule has 1 aromatic rings. The summed E-state index contributed by atoms with van der Waals surface area (Å²) in [6, 6.07) is 8.20. The van der Waals surface area contributed by atoms with E-state index < -0.39 is 0 Å². The lowest BCUT2D eigenvalue weighted by Gasteiger charge is -2.17. The van der Waals surface area contributed by atoms with Crippen LogP contribution in [0, 0.1) is 0 Å². The molecule has 0 aliphatic carbocycles. The van der Waals surface area contributed by atoms with Crippen molar-refractivity contribution in [3.63, 3.8) is 0 Å². The van der Waals surface area contributed by atoms with Gasteiger partial charge in [0.25, 0.3) is 0 Å². The Kier molecular flexibility index (Phi) is 1.86. The van der Waals surface area contributed by atoms with E-state index in [1.54, 1.807) is 0 Å². The molecule has 0 saturated heterocycles. The van der Waals surface area contributed by atoms with Crippen molar-refractivity contribution in [2.75, 3.05) is 6.61 Å². The summed E-state index contributed by atoms with van der Waals surface area (Å²) >= 11 is 0. The first-order chi connectivity index (χ1) is 5.92. The molecule has 0 atom stereocenters. The van der Waals surface area contributed by atoms with Crippen molar-refractivity contribution >= 4 is 5.57 Å². The van der Waals surface area contributed by atoms with E-state index in [9.17, 15) is 0 Å². The van der Waals surface area contributed by atoms with E-state index >= 15 is 0 Å². The molecule has 12 heavy (non-hydrogen) atoms. The number of ether oxygens (including phenoxy) is 1. The monoisotopic (exact) mass is 160 g/mol. The van der Waals surface area contributed by atoms with Crippen molar-refractivity contribution in [2.24, 2.45) is 0 Å². The smallest absolute Gasteiger partial charge is 0.127 e. The highest BCUT2D eigenvalue weighted by Gasteiger charge is 2.10. The Morgan fingerprint density at radius 2 is 2.17 bits per heavy atom. The molecule has 1 aliphatic rings. The lowest BCUT2D eigenvalue weighted by molar-refractivity contribution is 0.357. The Morgan fingerprint density at radius 3 is 3.00 bits per heavy atom. The van der Waals surface area contributed by atoms with Crippen LogP contribution in [-0.2, 0) is 0 Å². The molecule has 1 aromatic carbocycles. The quantitative estimate of drug-likeness (QED) is 0.613. The molecule has 0 aromatic heterocycles. The van der Waals surface area contributed by atoms with Crippen LogP contribution in [-0.4, -0.2) is 6.61 Å². The standard InChI is InChI=1S/C11H12O/c1-2-9-7-8-12-11-6-4-3-5-10(9)11/h3-7H,2,8H2,1H3. The highest BCUT2D eigenvalue weighted by atomic mass is 16.5. The summed E-state index contributed by atoms with van der Waals surface area (Å²) in [4.78, 5) is 0. The molecule has 0 amide bonds. The van der Waals surface area contributed by atoms with Crippen molar-refractivity contribution in [1.82, 2.24) is 0 Å². The van der Waals surface area contributed by atoms with Crippen LogP contribution >= 0.6 is 0 Å². The first kappa shape index (κ1) is 7.41. The zero-order valence-corrected chi connectivity index (χ0v) is 7.21. The van der Waals surface area contributed by atoms with Gasteiger partial charge in [-0.3, -0.25) is 0 Å². The lowest BCUT2D eigenvalue weighted by atomic mass is 10.0. The zero-order valence-electron chi connectivity index (χ0n) is 7.21. The first-order valence-electron chi connectivity index (χ1n) is 4.33. The van der Waals surface area contributed by atoms with Crippen molar-refractivity contribution in [3.05, 3.63) is 35.9 Å². The van der Waals surface area contributed by atoms with Gasteiger partial charge in [-0.25, -0.2) is 0 Å². The molecule has 0 saturated carbocycles. The van der Waals surface area contributed by atoms with E-state index in [4.69, 9.17) is 4.74 Å². The second-order valence-electron chi connectivity index (χ2n) is 2.89. The largest absolute Gasteiger partial charge is 0.489 e. The van der Waals surface area contributed by atoms with E-state index in [1.807, 2.05) is 12.1 Å². The molecule has 0 spiro atoms. The third-order valence-electron chi connectivity index (χ3n) is 2.18. The summed E-state index contributed by atoms with van der Waals surface area (Å²) in [6.45, 7) is 2.90. The number of allylic oxidation sites excluding steroid dienone is 1. The van der Waals surface area contributed by atoms with Crippen LogP contribution in [0.2, 0.25) is 0 Å². The molecule has 0 N–H and O–H groups in total. The SMILES string of the molecule is CCC1=CCOc2ccccc21.